The van der Waals surface area contributed by atoms with Crippen LogP contribution < -0.4 is 10.5 Å². The molecule has 0 aliphatic rings. The summed E-state index contributed by atoms with van der Waals surface area (Å²) in [5, 5.41) is 5.67. The van der Waals surface area contributed by atoms with Gasteiger partial charge in [-0.05, 0) is 31.5 Å². The lowest BCUT2D eigenvalue weighted by molar-refractivity contribution is 0.415. The standard InChI is InChI=1S/C16H20N4O/c1-9-6-11(21-5)7-12-15(10(2)19(3)16(9)12)13-8-14(17)20(4)18-13/h6-8H,17H2,1-5H3. The van der Waals surface area contributed by atoms with Crippen LogP contribution in [0.2, 0.25) is 0 Å². The predicted octanol–water partition coefficient (Wildman–Crippen LogP) is 2.79. The van der Waals surface area contributed by atoms with E-state index in [1.54, 1.807) is 11.8 Å². The molecule has 0 atom stereocenters. The van der Waals surface area contributed by atoms with Crippen LogP contribution in [0.3, 0.4) is 0 Å². The number of ether oxygens (including phenoxy) is 1. The van der Waals surface area contributed by atoms with Crippen molar-refractivity contribution in [3.63, 3.8) is 0 Å². The zero-order valence-corrected chi connectivity index (χ0v) is 13.1. The molecule has 5 heteroatoms. The van der Waals surface area contributed by atoms with Gasteiger partial charge in [-0.25, -0.2) is 0 Å². The molecule has 21 heavy (non-hydrogen) atoms. The minimum Gasteiger partial charge on any atom is -0.497 e. The third kappa shape index (κ3) is 1.88. The Kier molecular flexibility index (Phi) is 2.93. The summed E-state index contributed by atoms with van der Waals surface area (Å²) in [5.74, 6) is 1.51. The van der Waals surface area contributed by atoms with Gasteiger partial charge in [-0.2, -0.15) is 5.10 Å². The molecule has 3 aromatic rings. The van der Waals surface area contributed by atoms with Gasteiger partial charge in [0.25, 0.3) is 0 Å². The average molecular weight is 284 g/mol. The van der Waals surface area contributed by atoms with Gasteiger partial charge < -0.3 is 15.0 Å². The summed E-state index contributed by atoms with van der Waals surface area (Å²) >= 11 is 0. The van der Waals surface area contributed by atoms with Crippen molar-refractivity contribution in [2.75, 3.05) is 12.8 Å². The summed E-state index contributed by atoms with van der Waals surface area (Å²) in [6, 6.07) is 6.03. The van der Waals surface area contributed by atoms with E-state index in [1.165, 1.54) is 16.8 Å². The highest BCUT2D eigenvalue weighted by molar-refractivity contribution is 5.99. The minimum atomic E-state index is 0.654. The highest BCUT2D eigenvalue weighted by Crippen LogP contribution is 2.37. The van der Waals surface area contributed by atoms with Crippen molar-refractivity contribution < 1.29 is 4.74 Å². The first-order valence-electron chi connectivity index (χ1n) is 6.87. The SMILES string of the molecule is COc1cc(C)c2c(c1)c(-c1cc(N)n(C)n1)c(C)n2C. The molecule has 0 aliphatic carbocycles. The fraction of sp³-hybridized carbons (Fsp3) is 0.312. The van der Waals surface area contributed by atoms with Crippen molar-refractivity contribution in [3.05, 3.63) is 29.5 Å². The normalized spacial score (nSPS) is 11.3. The van der Waals surface area contributed by atoms with Crippen molar-refractivity contribution >= 4 is 16.7 Å². The number of methoxy groups -OCH3 is 1. The second-order valence-corrected chi connectivity index (χ2v) is 5.44. The Morgan fingerprint density at radius 3 is 2.43 bits per heavy atom. The summed E-state index contributed by atoms with van der Waals surface area (Å²) in [5.41, 5.74) is 11.5. The Hall–Kier alpha value is -2.43. The predicted molar refractivity (Wildman–Crippen MR) is 85.6 cm³/mol. The molecule has 2 N–H and O–H groups in total. The van der Waals surface area contributed by atoms with Crippen LogP contribution in [-0.2, 0) is 14.1 Å². The topological polar surface area (TPSA) is 58.0 Å². The molecule has 0 fully saturated rings. The summed E-state index contributed by atoms with van der Waals surface area (Å²) in [4.78, 5) is 0. The fourth-order valence-corrected chi connectivity index (χ4v) is 2.96. The lowest BCUT2D eigenvalue weighted by Crippen LogP contribution is -1.96. The van der Waals surface area contributed by atoms with E-state index in [9.17, 15) is 0 Å². The van der Waals surface area contributed by atoms with E-state index in [1.807, 2.05) is 13.1 Å². The smallest absolute Gasteiger partial charge is 0.121 e. The molecule has 3 rings (SSSR count). The zero-order chi connectivity index (χ0) is 15.3. The van der Waals surface area contributed by atoms with E-state index in [4.69, 9.17) is 10.5 Å². The maximum atomic E-state index is 5.93. The Morgan fingerprint density at radius 2 is 1.86 bits per heavy atom. The summed E-state index contributed by atoms with van der Waals surface area (Å²) in [6.45, 7) is 4.20. The highest BCUT2D eigenvalue weighted by Gasteiger charge is 2.19. The van der Waals surface area contributed by atoms with Crippen LogP contribution in [0.5, 0.6) is 5.75 Å². The Balaban J connectivity index is 2.41. The van der Waals surface area contributed by atoms with E-state index in [0.29, 0.717) is 5.82 Å². The maximum Gasteiger partial charge on any atom is 0.121 e. The number of hydrogen-bond donors (Lipinski definition) is 1. The number of anilines is 1. The van der Waals surface area contributed by atoms with Gasteiger partial charge in [0.2, 0.25) is 0 Å². The molecule has 0 radical (unpaired) electrons. The number of hydrogen-bond acceptors (Lipinski definition) is 3. The Morgan fingerprint density at radius 1 is 1.14 bits per heavy atom. The molecule has 2 heterocycles. The van der Waals surface area contributed by atoms with E-state index in [2.05, 4.69) is 42.7 Å². The molecular formula is C16H20N4O. The summed E-state index contributed by atoms with van der Waals surface area (Å²) < 4.78 is 9.31. The molecule has 0 saturated heterocycles. The van der Waals surface area contributed by atoms with Gasteiger partial charge >= 0.3 is 0 Å². The molecule has 0 saturated carbocycles. The minimum absolute atomic E-state index is 0.654. The highest BCUT2D eigenvalue weighted by atomic mass is 16.5. The number of rotatable bonds is 2. The first-order valence-corrected chi connectivity index (χ1v) is 6.87. The van der Waals surface area contributed by atoms with Crippen molar-refractivity contribution in [2.45, 2.75) is 13.8 Å². The molecule has 5 nitrogen and oxygen atoms in total. The molecule has 0 bridgehead atoms. The molecular weight excluding hydrogens is 264 g/mol. The second-order valence-electron chi connectivity index (χ2n) is 5.44. The number of nitrogens with zero attached hydrogens (tertiary/aromatic N) is 3. The number of nitrogen functional groups attached to an aromatic ring is 1. The van der Waals surface area contributed by atoms with Crippen LogP contribution in [0.4, 0.5) is 5.82 Å². The van der Waals surface area contributed by atoms with E-state index in [-0.39, 0.29) is 0 Å². The van der Waals surface area contributed by atoms with Crippen LogP contribution in [0.15, 0.2) is 18.2 Å². The van der Waals surface area contributed by atoms with Gasteiger partial charge in [0, 0.05) is 36.8 Å². The second kappa shape index (κ2) is 4.55. The summed E-state index contributed by atoms with van der Waals surface area (Å²) in [7, 11) is 5.62. The van der Waals surface area contributed by atoms with Crippen LogP contribution in [0.1, 0.15) is 11.3 Å². The Bertz CT molecular complexity index is 822. The molecule has 110 valence electrons. The number of benzene rings is 1. The first-order chi connectivity index (χ1) is 9.93. The van der Waals surface area contributed by atoms with Crippen LogP contribution >= 0.6 is 0 Å². The fourth-order valence-electron chi connectivity index (χ4n) is 2.96. The van der Waals surface area contributed by atoms with Crippen LogP contribution in [0.25, 0.3) is 22.2 Å². The van der Waals surface area contributed by atoms with Gasteiger partial charge in [0.1, 0.15) is 11.6 Å². The maximum absolute atomic E-state index is 5.93. The molecule has 0 amide bonds. The number of aromatic nitrogens is 3. The molecule has 0 spiro atoms. The van der Waals surface area contributed by atoms with Gasteiger partial charge in [0.05, 0.1) is 18.3 Å². The monoisotopic (exact) mass is 284 g/mol. The van der Waals surface area contributed by atoms with Gasteiger partial charge in [0.15, 0.2) is 0 Å². The Labute approximate surface area is 123 Å². The van der Waals surface area contributed by atoms with Gasteiger partial charge in [-0.1, -0.05) is 0 Å². The number of fused-ring (bicyclic) bond motifs is 1. The van der Waals surface area contributed by atoms with Crippen molar-refractivity contribution in [3.8, 4) is 17.0 Å². The molecule has 1 aromatic carbocycles. The first kappa shape index (κ1) is 13.5. The summed E-state index contributed by atoms with van der Waals surface area (Å²) in [6.07, 6.45) is 0. The van der Waals surface area contributed by atoms with Crippen LogP contribution in [0, 0.1) is 13.8 Å². The van der Waals surface area contributed by atoms with Crippen molar-refractivity contribution in [2.24, 2.45) is 14.1 Å². The van der Waals surface area contributed by atoms with Crippen LogP contribution in [-0.4, -0.2) is 21.5 Å². The zero-order valence-electron chi connectivity index (χ0n) is 13.1. The van der Waals surface area contributed by atoms with Gasteiger partial charge in [-0.15, -0.1) is 0 Å². The number of nitrogens with two attached hydrogens (primary N) is 1. The number of aryl methyl sites for hydroxylation is 3. The van der Waals surface area contributed by atoms with Gasteiger partial charge in [-0.3, -0.25) is 4.68 Å². The molecule has 0 aliphatic heterocycles. The quantitative estimate of drug-likeness (QED) is 0.787. The average Bonchev–Trinajstić information content (AvgIpc) is 2.89. The van der Waals surface area contributed by atoms with E-state index in [0.717, 1.165) is 22.4 Å². The molecule has 2 aromatic heterocycles. The van der Waals surface area contributed by atoms with Crippen molar-refractivity contribution in [1.82, 2.24) is 14.3 Å². The third-order valence-corrected chi connectivity index (χ3v) is 4.15. The largest absolute Gasteiger partial charge is 0.497 e. The van der Waals surface area contributed by atoms with Crippen molar-refractivity contribution in [1.29, 1.82) is 0 Å². The lowest BCUT2D eigenvalue weighted by Gasteiger charge is -2.05. The molecule has 0 unspecified atom stereocenters. The van der Waals surface area contributed by atoms with E-state index >= 15 is 0 Å². The lowest BCUT2D eigenvalue weighted by atomic mass is 10.1. The third-order valence-electron chi connectivity index (χ3n) is 4.15. The van der Waals surface area contributed by atoms with E-state index < -0.39 is 0 Å².